The molecular weight excluding hydrogens is 294 g/mol. The fraction of sp³-hybridized carbons (Fsp3) is 0.278. The van der Waals surface area contributed by atoms with Gasteiger partial charge in [0.25, 0.3) is 0 Å². The summed E-state index contributed by atoms with van der Waals surface area (Å²) in [5.74, 6) is 1.13. The predicted molar refractivity (Wildman–Crippen MR) is 90.4 cm³/mol. The summed E-state index contributed by atoms with van der Waals surface area (Å²) >= 11 is 0. The highest BCUT2D eigenvalue weighted by atomic mass is 32.2. The number of rotatable bonds is 5. The van der Waals surface area contributed by atoms with E-state index >= 15 is 0 Å². The summed E-state index contributed by atoms with van der Waals surface area (Å²) in [4.78, 5) is 5.72. The standard InChI is InChI=1S/C18H19NO2S/c1-2-22(20)13-16-17(14-9-5-3-6-10-14)18(21-19-16)15-11-7-4-8-12-15/h3-12,17-18H,2,13H2,1H3/t17-,18+,22?/m1/s1. The lowest BCUT2D eigenvalue weighted by molar-refractivity contribution is 0.0763. The Morgan fingerprint density at radius 2 is 1.59 bits per heavy atom. The van der Waals surface area contributed by atoms with Crippen LogP contribution in [0.4, 0.5) is 0 Å². The highest BCUT2D eigenvalue weighted by Gasteiger charge is 2.36. The van der Waals surface area contributed by atoms with Crippen molar-refractivity contribution in [3.63, 3.8) is 0 Å². The van der Waals surface area contributed by atoms with Crippen molar-refractivity contribution in [3.8, 4) is 0 Å². The van der Waals surface area contributed by atoms with Gasteiger partial charge in [-0.25, -0.2) is 0 Å². The summed E-state index contributed by atoms with van der Waals surface area (Å²) in [6, 6.07) is 20.3. The van der Waals surface area contributed by atoms with Crippen molar-refractivity contribution in [2.45, 2.75) is 18.9 Å². The van der Waals surface area contributed by atoms with Gasteiger partial charge >= 0.3 is 0 Å². The van der Waals surface area contributed by atoms with E-state index in [4.69, 9.17) is 4.84 Å². The molecule has 1 unspecified atom stereocenters. The molecule has 22 heavy (non-hydrogen) atoms. The normalized spacial score (nSPS) is 22.0. The Kier molecular flexibility index (Phi) is 4.68. The molecule has 0 amide bonds. The van der Waals surface area contributed by atoms with Crippen LogP contribution in [-0.4, -0.2) is 21.4 Å². The first kappa shape index (κ1) is 15.0. The minimum Gasteiger partial charge on any atom is -0.387 e. The summed E-state index contributed by atoms with van der Waals surface area (Å²) < 4.78 is 12.0. The molecule has 0 bridgehead atoms. The molecule has 0 aliphatic carbocycles. The zero-order chi connectivity index (χ0) is 15.4. The minimum atomic E-state index is -0.893. The summed E-state index contributed by atoms with van der Waals surface area (Å²) in [6.45, 7) is 1.93. The van der Waals surface area contributed by atoms with E-state index in [9.17, 15) is 4.21 Å². The van der Waals surface area contributed by atoms with Crippen LogP contribution < -0.4 is 0 Å². The molecule has 2 aromatic rings. The Bertz CT molecular complexity index is 670. The summed E-state index contributed by atoms with van der Waals surface area (Å²) in [5, 5.41) is 4.26. The molecule has 4 heteroatoms. The van der Waals surface area contributed by atoms with Crippen LogP contribution in [0, 0.1) is 0 Å². The van der Waals surface area contributed by atoms with E-state index in [0.717, 1.165) is 16.8 Å². The summed E-state index contributed by atoms with van der Waals surface area (Å²) in [5.41, 5.74) is 3.12. The van der Waals surface area contributed by atoms with Crippen LogP contribution >= 0.6 is 0 Å². The van der Waals surface area contributed by atoms with Crippen molar-refractivity contribution in [3.05, 3.63) is 71.8 Å². The fourth-order valence-electron chi connectivity index (χ4n) is 2.72. The second-order valence-corrected chi connectivity index (χ2v) is 7.03. The molecule has 0 aromatic heterocycles. The highest BCUT2D eigenvalue weighted by molar-refractivity contribution is 7.85. The van der Waals surface area contributed by atoms with Crippen LogP contribution in [0.1, 0.15) is 30.1 Å². The third kappa shape index (κ3) is 3.12. The molecule has 1 heterocycles. The molecule has 0 saturated carbocycles. The van der Waals surface area contributed by atoms with Gasteiger partial charge in [-0.3, -0.25) is 4.21 Å². The van der Waals surface area contributed by atoms with Crippen LogP contribution in [0.25, 0.3) is 0 Å². The topological polar surface area (TPSA) is 38.7 Å². The number of nitrogens with zero attached hydrogens (tertiary/aromatic N) is 1. The maximum atomic E-state index is 12.0. The van der Waals surface area contributed by atoms with Crippen LogP contribution in [0.2, 0.25) is 0 Å². The second kappa shape index (κ2) is 6.88. The number of oxime groups is 1. The predicted octanol–water partition coefficient (Wildman–Crippen LogP) is 3.67. The number of hydrogen-bond acceptors (Lipinski definition) is 3. The van der Waals surface area contributed by atoms with Crippen molar-refractivity contribution in [1.82, 2.24) is 0 Å². The lowest BCUT2D eigenvalue weighted by Gasteiger charge is -2.19. The van der Waals surface area contributed by atoms with Crippen molar-refractivity contribution in [2.24, 2.45) is 5.16 Å². The minimum absolute atomic E-state index is 0.0269. The maximum absolute atomic E-state index is 12.0. The first-order chi connectivity index (χ1) is 10.8. The molecule has 3 nitrogen and oxygen atoms in total. The van der Waals surface area contributed by atoms with Gasteiger partial charge in [-0.1, -0.05) is 72.7 Å². The van der Waals surface area contributed by atoms with E-state index < -0.39 is 10.8 Å². The Hall–Kier alpha value is -1.94. The SMILES string of the molecule is CCS(=O)CC1=NO[C@@H](c2ccccc2)[C@@H]1c1ccccc1. The van der Waals surface area contributed by atoms with E-state index in [2.05, 4.69) is 29.4 Å². The third-order valence-corrected chi connectivity index (χ3v) is 5.12. The quantitative estimate of drug-likeness (QED) is 0.845. The molecule has 0 fully saturated rings. The molecule has 3 atom stereocenters. The van der Waals surface area contributed by atoms with Crippen molar-refractivity contribution in [2.75, 3.05) is 11.5 Å². The van der Waals surface area contributed by atoms with E-state index in [1.165, 1.54) is 0 Å². The molecule has 0 spiro atoms. The molecule has 0 radical (unpaired) electrons. The Morgan fingerprint density at radius 1 is 1.00 bits per heavy atom. The molecule has 2 aromatic carbocycles. The van der Waals surface area contributed by atoms with Crippen LogP contribution in [0.15, 0.2) is 65.8 Å². The Labute approximate surface area is 133 Å². The van der Waals surface area contributed by atoms with E-state index in [-0.39, 0.29) is 12.0 Å². The first-order valence-electron chi connectivity index (χ1n) is 7.47. The third-order valence-electron chi connectivity index (χ3n) is 3.86. The first-order valence-corrected chi connectivity index (χ1v) is 8.96. The highest BCUT2D eigenvalue weighted by Crippen LogP contribution is 2.40. The lowest BCUT2D eigenvalue weighted by Crippen LogP contribution is -2.21. The van der Waals surface area contributed by atoms with Crippen LogP contribution in [0.3, 0.4) is 0 Å². The average Bonchev–Trinajstić information content (AvgIpc) is 3.00. The monoisotopic (exact) mass is 313 g/mol. The Balaban J connectivity index is 1.94. The molecule has 0 saturated heterocycles. The summed E-state index contributed by atoms with van der Waals surface area (Å²) in [7, 11) is -0.893. The zero-order valence-corrected chi connectivity index (χ0v) is 13.3. The molecular formula is C18H19NO2S. The maximum Gasteiger partial charge on any atom is 0.164 e. The van der Waals surface area contributed by atoms with Crippen molar-refractivity contribution < 1.29 is 9.05 Å². The fourth-order valence-corrected chi connectivity index (χ4v) is 3.49. The van der Waals surface area contributed by atoms with Gasteiger partial charge in [0.1, 0.15) is 0 Å². The Morgan fingerprint density at radius 3 is 2.18 bits per heavy atom. The van der Waals surface area contributed by atoms with Gasteiger partial charge in [-0.05, 0) is 11.1 Å². The van der Waals surface area contributed by atoms with Crippen molar-refractivity contribution in [1.29, 1.82) is 0 Å². The smallest absolute Gasteiger partial charge is 0.164 e. The average molecular weight is 313 g/mol. The van der Waals surface area contributed by atoms with Gasteiger partial charge in [0.05, 0.1) is 17.4 Å². The molecule has 1 aliphatic heterocycles. The largest absolute Gasteiger partial charge is 0.387 e. The molecule has 114 valence electrons. The number of hydrogen-bond donors (Lipinski definition) is 0. The van der Waals surface area contributed by atoms with Gasteiger partial charge in [-0.2, -0.15) is 0 Å². The molecule has 3 rings (SSSR count). The van der Waals surface area contributed by atoms with Crippen LogP contribution in [-0.2, 0) is 15.6 Å². The zero-order valence-electron chi connectivity index (χ0n) is 12.5. The van der Waals surface area contributed by atoms with Gasteiger partial charge in [0.15, 0.2) is 6.10 Å². The van der Waals surface area contributed by atoms with E-state index in [1.807, 2.05) is 43.3 Å². The van der Waals surface area contributed by atoms with Crippen LogP contribution in [0.5, 0.6) is 0 Å². The lowest BCUT2D eigenvalue weighted by atomic mass is 9.86. The van der Waals surface area contributed by atoms with E-state index in [1.54, 1.807) is 0 Å². The van der Waals surface area contributed by atoms with Gasteiger partial charge in [0, 0.05) is 16.6 Å². The molecule has 0 N–H and O–H groups in total. The van der Waals surface area contributed by atoms with Gasteiger partial charge < -0.3 is 4.84 Å². The molecule has 1 aliphatic rings. The van der Waals surface area contributed by atoms with Gasteiger partial charge in [0.2, 0.25) is 0 Å². The van der Waals surface area contributed by atoms with Crippen molar-refractivity contribution >= 4 is 16.5 Å². The van der Waals surface area contributed by atoms with E-state index in [0.29, 0.717) is 11.5 Å². The summed E-state index contributed by atoms with van der Waals surface area (Å²) in [6.07, 6.45) is -0.146. The second-order valence-electron chi connectivity index (χ2n) is 5.28. The number of benzene rings is 2. The van der Waals surface area contributed by atoms with Gasteiger partial charge in [-0.15, -0.1) is 0 Å².